The summed E-state index contributed by atoms with van der Waals surface area (Å²) < 4.78 is 8.35. The van der Waals surface area contributed by atoms with E-state index in [0.717, 1.165) is 12.8 Å². The van der Waals surface area contributed by atoms with Crippen LogP contribution in [0.25, 0.3) is 16.5 Å². The lowest BCUT2D eigenvalue weighted by Gasteiger charge is -2.11. The molecule has 0 N–H and O–H groups in total. The van der Waals surface area contributed by atoms with Crippen LogP contribution in [0.3, 0.4) is 0 Å². The Morgan fingerprint density at radius 3 is 2.52 bits per heavy atom. The van der Waals surface area contributed by atoms with Gasteiger partial charge in [0.1, 0.15) is 0 Å². The molecule has 0 saturated heterocycles. The van der Waals surface area contributed by atoms with Gasteiger partial charge in [0.2, 0.25) is 0 Å². The van der Waals surface area contributed by atoms with Crippen molar-refractivity contribution in [2.45, 2.75) is 25.5 Å². The molecule has 1 aliphatic rings. The second-order valence-electron chi connectivity index (χ2n) is 6.79. The van der Waals surface area contributed by atoms with Crippen molar-refractivity contribution < 1.29 is 9.53 Å². The maximum Gasteiger partial charge on any atom is 0.359 e. The van der Waals surface area contributed by atoms with Gasteiger partial charge >= 0.3 is 5.97 Å². The van der Waals surface area contributed by atoms with Gasteiger partial charge < -0.3 is 4.74 Å². The summed E-state index contributed by atoms with van der Waals surface area (Å²) in [6, 6.07) is 16.1. The van der Waals surface area contributed by atoms with E-state index in [2.05, 4.69) is 20.6 Å². The molecule has 0 amide bonds. The van der Waals surface area contributed by atoms with Crippen LogP contribution in [0.4, 0.5) is 0 Å². The Morgan fingerprint density at radius 1 is 1.03 bits per heavy atom. The van der Waals surface area contributed by atoms with E-state index in [1.165, 1.54) is 4.68 Å². The number of tetrazole rings is 1. The maximum atomic E-state index is 12.9. The van der Waals surface area contributed by atoms with Gasteiger partial charge in [-0.1, -0.05) is 36.4 Å². The number of esters is 1. The van der Waals surface area contributed by atoms with Crippen LogP contribution in [-0.2, 0) is 11.3 Å². The highest BCUT2D eigenvalue weighted by Gasteiger charge is 2.28. The number of fused-ring (bicyclic) bond motifs is 1. The van der Waals surface area contributed by atoms with E-state index in [4.69, 9.17) is 4.74 Å². The lowest BCUT2D eigenvalue weighted by atomic mass is 10.1. The summed E-state index contributed by atoms with van der Waals surface area (Å²) in [4.78, 5) is 25.8. The van der Waals surface area contributed by atoms with Gasteiger partial charge in [0.05, 0.1) is 17.1 Å². The zero-order valence-electron chi connectivity index (χ0n) is 15.3. The van der Waals surface area contributed by atoms with Gasteiger partial charge in [0.25, 0.3) is 5.56 Å². The number of rotatable bonds is 5. The number of carbonyl (C=O) groups is 1. The zero-order valence-corrected chi connectivity index (χ0v) is 15.3. The molecule has 0 atom stereocenters. The fraction of sp³-hybridized carbons (Fsp3) is 0.200. The number of carbonyl (C=O) groups excluding carboxylic acids is 1. The summed E-state index contributed by atoms with van der Waals surface area (Å²) in [5.74, 6) is -0.155. The normalized spacial score (nSPS) is 13.5. The summed E-state index contributed by atoms with van der Waals surface area (Å²) in [6.07, 6.45) is 2.03. The molecule has 2 aromatic carbocycles. The van der Waals surface area contributed by atoms with Crippen molar-refractivity contribution in [1.82, 2.24) is 30.0 Å². The van der Waals surface area contributed by atoms with Gasteiger partial charge in [-0.3, -0.25) is 4.79 Å². The third kappa shape index (κ3) is 3.16. The van der Waals surface area contributed by atoms with Crippen LogP contribution < -0.4 is 5.56 Å². The van der Waals surface area contributed by atoms with Crippen molar-refractivity contribution in [3.05, 3.63) is 76.5 Å². The fourth-order valence-corrected chi connectivity index (χ4v) is 3.19. The van der Waals surface area contributed by atoms with Gasteiger partial charge in [-0.2, -0.15) is 9.78 Å². The standard InChI is InChI=1S/C20H16N6O3/c27-19-16-9-5-4-8-15(16)18(22-26(19)13-6-2-1-3-7-13)20(28)29-12-17-21-23-24-25(17)14-10-11-14/h1-9,14H,10-12H2. The van der Waals surface area contributed by atoms with Crippen molar-refractivity contribution in [3.63, 3.8) is 0 Å². The minimum absolute atomic E-state index is 0.0644. The summed E-state index contributed by atoms with van der Waals surface area (Å²) in [5, 5.41) is 16.7. The van der Waals surface area contributed by atoms with Crippen LogP contribution >= 0.6 is 0 Å². The predicted octanol–water partition coefficient (Wildman–Crippen LogP) is 2.06. The quantitative estimate of drug-likeness (QED) is 0.482. The summed E-state index contributed by atoms with van der Waals surface area (Å²) >= 11 is 0. The van der Waals surface area contributed by atoms with Crippen LogP contribution in [0.15, 0.2) is 59.4 Å². The van der Waals surface area contributed by atoms with E-state index in [1.54, 1.807) is 53.2 Å². The lowest BCUT2D eigenvalue weighted by molar-refractivity contribution is 0.0449. The number of ether oxygens (including phenoxy) is 1. The molecular weight excluding hydrogens is 372 g/mol. The molecule has 29 heavy (non-hydrogen) atoms. The molecule has 1 saturated carbocycles. The molecule has 1 fully saturated rings. The van der Waals surface area contributed by atoms with Gasteiger partial charge in [-0.05, 0) is 41.5 Å². The number of benzene rings is 2. The van der Waals surface area contributed by atoms with Crippen LogP contribution in [-0.4, -0.2) is 36.0 Å². The molecule has 2 aromatic heterocycles. The number of aromatic nitrogens is 6. The predicted molar refractivity (Wildman–Crippen MR) is 103 cm³/mol. The van der Waals surface area contributed by atoms with Crippen molar-refractivity contribution in [2.24, 2.45) is 0 Å². The first-order valence-corrected chi connectivity index (χ1v) is 9.24. The average molecular weight is 388 g/mol. The molecule has 2 heterocycles. The Bertz CT molecular complexity index is 1260. The number of para-hydroxylation sites is 1. The van der Waals surface area contributed by atoms with Crippen molar-refractivity contribution >= 4 is 16.7 Å². The fourth-order valence-electron chi connectivity index (χ4n) is 3.19. The van der Waals surface area contributed by atoms with Crippen LogP contribution in [0.5, 0.6) is 0 Å². The first-order chi connectivity index (χ1) is 14.2. The highest BCUT2D eigenvalue weighted by Crippen LogP contribution is 2.34. The summed E-state index contributed by atoms with van der Waals surface area (Å²) in [6.45, 7) is -0.0667. The van der Waals surface area contributed by atoms with Gasteiger partial charge in [-0.15, -0.1) is 5.10 Å². The maximum absolute atomic E-state index is 12.9. The molecule has 1 aliphatic carbocycles. The molecule has 0 unspecified atom stereocenters. The zero-order chi connectivity index (χ0) is 19.8. The Hall–Kier alpha value is -3.88. The molecule has 0 spiro atoms. The van der Waals surface area contributed by atoms with Crippen LogP contribution in [0.2, 0.25) is 0 Å². The Labute approximate surface area is 164 Å². The average Bonchev–Trinajstić information content (AvgIpc) is 3.50. The Morgan fingerprint density at radius 2 is 1.76 bits per heavy atom. The van der Waals surface area contributed by atoms with Gasteiger partial charge in [0, 0.05) is 5.39 Å². The molecule has 9 nitrogen and oxygen atoms in total. The SMILES string of the molecule is O=C(OCc1nnnn1C1CC1)c1nn(-c2ccccc2)c(=O)c2ccccc12. The molecule has 144 valence electrons. The smallest absolute Gasteiger partial charge is 0.359 e. The van der Waals surface area contributed by atoms with Gasteiger partial charge in [0.15, 0.2) is 18.1 Å². The van der Waals surface area contributed by atoms with Crippen LogP contribution in [0, 0.1) is 0 Å². The van der Waals surface area contributed by atoms with E-state index in [0.29, 0.717) is 22.3 Å². The first-order valence-electron chi connectivity index (χ1n) is 9.24. The molecule has 0 aliphatic heterocycles. The highest BCUT2D eigenvalue weighted by molar-refractivity contribution is 6.02. The molecule has 0 bridgehead atoms. The Kier molecular flexibility index (Phi) is 4.12. The molecule has 4 aromatic rings. The monoisotopic (exact) mass is 388 g/mol. The summed E-state index contributed by atoms with van der Waals surface area (Å²) in [5.41, 5.74) is 0.325. The number of nitrogens with zero attached hydrogens (tertiary/aromatic N) is 6. The Balaban J connectivity index is 1.53. The lowest BCUT2D eigenvalue weighted by Crippen LogP contribution is -2.25. The second-order valence-corrected chi connectivity index (χ2v) is 6.79. The number of hydrogen-bond donors (Lipinski definition) is 0. The second kappa shape index (κ2) is 6.93. The first kappa shape index (κ1) is 17.2. The largest absolute Gasteiger partial charge is 0.453 e. The van der Waals surface area contributed by atoms with Crippen molar-refractivity contribution in [2.75, 3.05) is 0 Å². The molecule has 5 rings (SSSR count). The van der Waals surface area contributed by atoms with E-state index in [9.17, 15) is 9.59 Å². The summed E-state index contributed by atoms with van der Waals surface area (Å²) in [7, 11) is 0. The van der Waals surface area contributed by atoms with Crippen molar-refractivity contribution in [3.8, 4) is 5.69 Å². The minimum atomic E-state index is -0.642. The third-order valence-corrected chi connectivity index (χ3v) is 4.79. The third-order valence-electron chi connectivity index (χ3n) is 4.79. The minimum Gasteiger partial charge on any atom is -0.453 e. The van der Waals surface area contributed by atoms with E-state index in [1.807, 2.05) is 6.07 Å². The van der Waals surface area contributed by atoms with E-state index >= 15 is 0 Å². The van der Waals surface area contributed by atoms with Gasteiger partial charge in [-0.25, -0.2) is 9.48 Å². The van der Waals surface area contributed by atoms with Crippen molar-refractivity contribution in [1.29, 1.82) is 0 Å². The van der Waals surface area contributed by atoms with E-state index in [-0.39, 0.29) is 23.9 Å². The van der Waals surface area contributed by atoms with Crippen LogP contribution in [0.1, 0.15) is 35.2 Å². The molecular formula is C20H16N6O3. The topological polar surface area (TPSA) is 105 Å². The molecule has 9 heteroatoms. The number of hydrogen-bond acceptors (Lipinski definition) is 7. The highest BCUT2D eigenvalue weighted by atomic mass is 16.5. The molecule has 0 radical (unpaired) electrons. The van der Waals surface area contributed by atoms with E-state index < -0.39 is 5.97 Å².